The van der Waals surface area contributed by atoms with Crippen molar-refractivity contribution in [2.24, 2.45) is 5.92 Å². The Balaban J connectivity index is 3.80. The van der Waals surface area contributed by atoms with Crippen LogP contribution >= 0.6 is 0 Å². The lowest BCUT2D eigenvalue weighted by Crippen LogP contribution is -2.33. The molecule has 0 saturated carbocycles. The summed E-state index contributed by atoms with van der Waals surface area (Å²) in [5.41, 5.74) is 1.31. The number of hydroxylamine groups is 1. The third-order valence-corrected chi connectivity index (χ3v) is 1.80. The predicted molar refractivity (Wildman–Crippen MR) is 68.7 cm³/mol. The van der Waals surface area contributed by atoms with E-state index in [2.05, 4.69) is 18.7 Å². The van der Waals surface area contributed by atoms with E-state index in [4.69, 9.17) is 4.74 Å². The van der Waals surface area contributed by atoms with Gasteiger partial charge in [-0.05, 0) is 39.5 Å². The molecule has 0 saturated heterocycles. The van der Waals surface area contributed by atoms with Crippen molar-refractivity contribution in [3.05, 3.63) is 12.2 Å². The predicted octanol–water partition coefficient (Wildman–Crippen LogP) is 2.96. The quantitative estimate of drug-likeness (QED) is 0.621. The van der Waals surface area contributed by atoms with Crippen molar-refractivity contribution in [3.63, 3.8) is 0 Å². The Labute approximate surface area is 108 Å². The van der Waals surface area contributed by atoms with Crippen molar-refractivity contribution < 1.29 is 19.2 Å². The molecule has 104 valence electrons. The van der Waals surface area contributed by atoms with Gasteiger partial charge < -0.3 is 9.57 Å². The molecule has 0 unspecified atom stereocenters. The molecule has 1 amide bonds. The largest absolute Gasteiger partial charge is 0.442 e. The summed E-state index contributed by atoms with van der Waals surface area (Å²) in [5, 5.41) is 0. The Morgan fingerprint density at radius 3 is 2.39 bits per heavy atom. The van der Waals surface area contributed by atoms with Crippen LogP contribution in [0.5, 0.6) is 0 Å². The van der Waals surface area contributed by atoms with E-state index in [-0.39, 0.29) is 0 Å². The number of rotatable bonds is 4. The highest BCUT2D eigenvalue weighted by atomic mass is 16.7. The number of hydrogen-bond donors (Lipinski definition) is 1. The van der Waals surface area contributed by atoms with Crippen LogP contribution in [0.4, 0.5) is 4.79 Å². The molecule has 5 nitrogen and oxygen atoms in total. The molecule has 5 heteroatoms. The molecule has 0 aromatic rings. The number of nitrogens with one attached hydrogen (secondary N) is 1. The fourth-order valence-electron chi connectivity index (χ4n) is 1.03. The van der Waals surface area contributed by atoms with Gasteiger partial charge in [0.25, 0.3) is 0 Å². The first-order valence-electron chi connectivity index (χ1n) is 6.07. The van der Waals surface area contributed by atoms with Crippen LogP contribution in [0.2, 0.25) is 0 Å². The number of hydrogen-bond acceptors (Lipinski definition) is 4. The van der Waals surface area contributed by atoms with E-state index in [0.717, 1.165) is 12.8 Å². The molecule has 0 radical (unpaired) electrons. The van der Waals surface area contributed by atoms with Gasteiger partial charge in [0, 0.05) is 6.08 Å². The van der Waals surface area contributed by atoms with Crippen molar-refractivity contribution in [1.29, 1.82) is 0 Å². The lowest BCUT2D eigenvalue weighted by molar-refractivity contribution is -0.144. The molecule has 0 aliphatic heterocycles. The first kappa shape index (κ1) is 16.5. The van der Waals surface area contributed by atoms with Crippen LogP contribution in [-0.4, -0.2) is 17.7 Å². The van der Waals surface area contributed by atoms with Crippen molar-refractivity contribution >= 4 is 12.1 Å². The van der Waals surface area contributed by atoms with E-state index in [0.29, 0.717) is 5.92 Å². The first-order chi connectivity index (χ1) is 8.20. The summed E-state index contributed by atoms with van der Waals surface area (Å²) in [7, 11) is 0. The van der Waals surface area contributed by atoms with Crippen molar-refractivity contribution in [3.8, 4) is 0 Å². The standard InChI is InChI=1S/C13H23NO4/c1-10(2)8-6-7-9-11(15)18-14-12(16)17-13(3,4)5/h7,9-10H,6,8H2,1-5H3,(H,14,16). The van der Waals surface area contributed by atoms with Crippen molar-refractivity contribution in [2.45, 2.75) is 53.1 Å². The molecule has 0 heterocycles. The minimum absolute atomic E-state index is 0.588. The summed E-state index contributed by atoms with van der Waals surface area (Å²) >= 11 is 0. The lowest BCUT2D eigenvalue weighted by atomic mass is 10.1. The maximum Gasteiger partial charge on any atom is 0.441 e. The second-order valence-corrected chi connectivity index (χ2v) is 5.40. The molecule has 1 N–H and O–H groups in total. The maximum absolute atomic E-state index is 11.2. The highest BCUT2D eigenvalue weighted by Gasteiger charge is 2.16. The average molecular weight is 257 g/mol. The average Bonchev–Trinajstić information content (AvgIpc) is 2.19. The number of carbonyl (C=O) groups is 2. The van der Waals surface area contributed by atoms with Gasteiger partial charge in [0.05, 0.1) is 0 Å². The van der Waals surface area contributed by atoms with Crippen LogP contribution < -0.4 is 5.48 Å². The second kappa shape index (κ2) is 7.74. The van der Waals surface area contributed by atoms with Gasteiger partial charge in [-0.1, -0.05) is 19.9 Å². The monoisotopic (exact) mass is 257 g/mol. The van der Waals surface area contributed by atoms with Gasteiger partial charge in [0.1, 0.15) is 5.60 Å². The van der Waals surface area contributed by atoms with Crippen molar-refractivity contribution in [2.75, 3.05) is 0 Å². The summed E-state index contributed by atoms with van der Waals surface area (Å²) in [6, 6.07) is 0. The fraction of sp³-hybridized carbons (Fsp3) is 0.692. The molecule has 0 aliphatic carbocycles. The van der Waals surface area contributed by atoms with Gasteiger partial charge >= 0.3 is 12.1 Å². The van der Waals surface area contributed by atoms with Gasteiger partial charge in [0.15, 0.2) is 0 Å². The smallest absolute Gasteiger partial charge is 0.441 e. The first-order valence-corrected chi connectivity index (χ1v) is 6.07. The van der Waals surface area contributed by atoms with Crippen LogP contribution in [0.1, 0.15) is 47.5 Å². The van der Waals surface area contributed by atoms with E-state index >= 15 is 0 Å². The van der Waals surface area contributed by atoms with Gasteiger partial charge in [-0.25, -0.2) is 9.59 Å². The molecule has 0 bridgehead atoms. The number of allylic oxidation sites excluding steroid dienone is 1. The third-order valence-electron chi connectivity index (χ3n) is 1.80. The number of carbonyl (C=O) groups excluding carboxylic acids is 2. The molecule has 0 atom stereocenters. The van der Waals surface area contributed by atoms with E-state index in [9.17, 15) is 9.59 Å². The SMILES string of the molecule is CC(C)CCC=CC(=O)ONC(=O)OC(C)(C)C. The highest BCUT2D eigenvalue weighted by molar-refractivity contribution is 5.83. The van der Waals surface area contributed by atoms with Crippen LogP contribution in [-0.2, 0) is 14.4 Å². The van der Waals surface area contributed by atoms with Crippen LogP contribution in [0.15, 0.2) is 12.2 Å². The molecule has 0 fully saturated rings. The molecule has 18 heavy (non-hydrogen) atoms. The Kier molecular flexibility index (Phi) is 7.08. The van der Waals surface area contributed by atoms with E-state index in [1.807, 2.05) is 5.48 Å². The topological polar surface area (TPSA) is 64.6 Å². The summed E-state index contributed by atoms with van der Waals surface area (Å²) in [6.07, 6.45) is 4.04. The molecule has 0 aliphatic rings. The summed E-state index contributed by atoms with van der Waals surface area (Å²) in [4.78, 5) is 26.8. The third kappa shape index (κ3) is 11.0. The normalized spacial score (nSPS) is 11.7. The zero-order valence-electron chi connectivity index (χ0n) is 11.8. The maximum atomic E-state index is 11.2. The Hall–Kier alpha value is -1.52. The van der Waals surface area contributed by atoms with Gasteiger partial charge in [0.2, 0.25) is 0 Å². The van der Waals surface area contributed by atoms with Crippen LogP contribution in [0.3, 0.4) is 0 Å². The molecule has 0 aromatic carbocycles. The number of amides is 1. The van der Waals surface area contributed by atoms with Crippen molar-refractivity contribution in [1.82, 2.24) is 5.48 Å². The lowest BCUT2D eigenvalue weighted by Gasteiger charge is -2.18. The molecular weight excluding hydrogens is 234 g/mol. The molecule has 0 aromatic heterocycles. The minimum Gasteiger partial charge on any atom is -0.442 e. The van der Waals surface area contributed by atoms with Crippen LogP contribution in [0.25, 0.3) is 0 Å². The van der Waals surface area contributed by atoms with Gasteiger partial charge in [-0.3, -0.25) is 0 Å². The Morgan fingerprint density at radius 1 is 1.28 bits per heavy atom. The summed E-state index contributed by atoms with van der Waals surface area (Å²) < 4.78 is 4.89. The van der Waals surface area contributed by atoms with E-state index in [1.165, 1.54) is 6.08 Å². The van der Waals surface area contributed by atoms with E-state index in [1.54, 1.807) is 26.8 Å². The fourth-order valence-corrected chi connectivity index (χ4v) is 1.03. The minimum atomic E-state index is -0.786. The molecule has 0 spiro atoms. The van der Waals surface area contributed by atoms with Gasteiger partial charge in [-0.2, -0.15) is 0 Å². The Morgan fingerprint density at radius 2 is 1.89 bits per heavy atom. The van der Waals surface area contributed by atoms with E-state index < -0.39 is 17.7 Å². The Bertz CT molecular complexity index is 303. The van der Waals surface area contributed by atoms with Crippen LogP contribution in [0, 0.1) is 5.92 Å². The van der Waals surface area contributed by atoms with Gasteiger partial charge in [-0.15, -0.1) is 5.48 Å². The molecular formula is C13H23NO4. The molecule has 0 rings (SSSR count). The zero-order valence-corrected chi connectivity index (χ0v) is 11.8. The summed E-state index contributed by atoms with van der Waals surface area (Å²) in [5.74, 6) is -0.0322. The second-order valence-electron chi connectivity index (χ2n) is 5.40. The number of ether oxygens (including phenoxy) is 1. The highest BCUT2D eigenvalue weighted by Crippen LogP contribution is 2.06. The zero-order chi connectivity index (χ0) is 14.2. The summed E-state index contributed by atoms with van der Waals surface area (Å²) in [6.45, 7) is 9.38.